The van der Waals surface area contributed by atoms with E-state index in [2.05, 4.69) is 10.4 Å². The molecule has 0 spiro atoms. The summed E-state index contributed by atoms with van der Waals surface area (Å²) in [4.78, 5) is 11.2. The van der Waals surface area contributed by atoms with Crippen LogP contribution in [0.1, 0.15) is 0 Å². The molecule has 0 fully saturated rings. The molecule has 5 nitrogen and oxygen atoms in total. The summed E-state index contributed by atoms with van der Waals surface area (Å²) in [5, 5.41) is 7.66. The molecular formula is C10H12N4O. The predicted octanol–water partition coefficient (Wildman–Crippen LogP) is 0.364. The lowest BCUT2D eigenvalue weighted by Crippen LogP contribution is -2.23. The van der Waals surface area contributed by atoms with Gasteiger partial charge in [0.2, 0.25) is 5.91 Å². The van der Waals surface area contributed by atoms with E-state index in [9.17, 15) is 4.79 Å². The number of carbonyl (C=O) groups excluding carboxylic acids is 1. The first-order chi connectivity index (χ1) is 7.20. The first kappa shape index (κ1) is 9.51. The van der Waals surface area contributed by atoms with Crippen molar-refractivity contribution < 1.29 is 4.79 Å². The number of likely N-dealkylation sites (N-methyl/N-ethyl adjacent to an activating group) is 1. The maximum absolute atomic E-state index is 11.2. The SMILES string of the molecule is CNC(=O)Cn1ncc2ccc(N)cc21. The lowest BCUT2D eigenvalue weighted by atomic mass is 10.2. The quantitative estimate of drug-likeness (QED) is 0.694. The summed E-state index contributed by atoms with van der Waals surface area (Å²) >= 11 is 0. The van der Waals surface area contributed by atoms with Crippen molar-refractivity contribution in [3.63, 3.8) is 0 Å². The molecular weight excluding hydrogens is 192 g/mol. The van der Waals surface area contributed by atoms with Gasteiger partial charge in [-0.2, -0.15) is 5.10 Å². The van der Waals surface area contributed by atoms with Gasteiger partial charge in [-0.3, -0.25) is 9.48 Å². The van der Waals surface area contributed by atoms with Crippen LogP contribution in [0.25, 0.3) is 10.9 Å². The van der Waals surface area contributed by atoms with Crippen molar-refractivity contribution in [1.29, 1.82) is 0 Å². The number of carbonyl (C=O) groups is 1. The number of hydrogen-bond donors (Lipinski definition) is 2. The van der Waals surface area contributed by atoms with Gasteiger partial charge in [0.1, 0.15) is 6.54 Å². The van der Waals surface area contributed by atoms with E-state index in [1.165, 1.54) is 0 Å². The van der Waals surface area contributed by atoms with Crippen LogP contribution >= 0.6 is 0 Å². The number of hydrogen-bond acceptors (Lipinski definition) is 3. The number of nitrogens with one attached hydrogen (secondary N) is 1. The van der Waals surface area contributed by atoms with Crippen LogP contribution in [0.15, 0.2) is 24.4 Å². The van der Waals surface area contributed by atoms with Crippen LogP contribution in [-0.2, 0) is 11.3 Å². The van der Waals surface area contributed by atoms with Crippen molar-refractivity contribution in [3.8, 4) is 0 Å². The van der Waals surface area contributed by atoms with Crippen LogP contribution in [-0.4, -0.2) is 22.7 Å². The first-order valence-electron chi connectivity index (χ1n) is 4.62. The highest BCUT2D eigenvalue weighted by molar-refractivity contribution is 5.84. The second kappa shape index (κ2) is 3.61. The van der Waals surface area contributed by atoms with Gasteiger partial charge in [-0.15, -0.1) is 0 Å². The van der Waals surface area contributed by atoms with Crippen molar-refractivity contribution in [3.05, 3.63) is 24.4 Å². The summed E-state index contributed by atoms with van der Waals surface area (Å²) in [6, 6.07) is 5.51. The van der Waals surface area contributed by atoms with Crippen LogP contribution in [0.2, 0.25) is 0 Å². The fourth-order valence-electron chi connectivity index (χ4n) is 1.43. The standard InChI is InChI=1S/C10H12N4O/c1-12-10(15)6-14-9-4-8(11)3-2-7(9)5-13-14/h2-5H,6,11H2,1H3,(H,12,15). The molecule has 3 N–H and O–H groups in total. The molecule has 0 aliphatic heterocycles. The Morgan fingerprint density at radius 1 is 1.60 bits per heavy atom. The molecule has 1 aromatic heterocycles. The number of rotatable bonds is 2. The number of benzene rings is 1. The molecule has 1 aromatic carbocycles. The largest absolute Gasteiger partial charge is 0.399 e. The molecule has 15 heavy (non-hydrogen) atoms. The summed E-state index contributed by atoms with van der Waals surface area (Å²) in [6.45, 7) is 0.212. The molecule has 0 saturated carbocycles. The molecule has 0 aliphatic rings. The van der Waals surface area contributed by atoms with E-state index in [0.29, 0.717) is 5.69 Å². The van der Waals surface area contributed by atoms with Gasteiger partial charge in [0.25, 0.3) is 0 Å². The smallest absolute Gasteiger partial charge is 0.241 e. The molecule has 5 heteroatoms. The van der Waals surface area contributed by atoms with Crippen LogP contribution < -0.4 is 11.1 Å². The topological polar surface area (TPSA) is 72.9 Å². The molecule has 1 amide bonds. The Balaban J connectivity index is 2.43. The Labute approximate surface area is 86.9 Å². The highest BCUT2D eigenvalue weighted by atomic mass is 16.1. The molecule has 0 atom stereocenters. The van der Waals surface area contributed by atoms with Gasteiger partial charge in [0.15, 0.2) is 0 Å². The molecule has 0 unspecified atom stereocenters. The van der Waals surface area contributed by atoms with Crippen molar-refractivity contribution in [2.75, 3.05) is 12.8 Å². The maximum Gasteiger partial charge on any atom is 0.241 e. The molecule has 0 radical (unpaired) electrons. The van der Waals surface area contributed by atoms with Gasteiger partial charge in [0, 0.05) is 18.1 Å². The average molecular weight is 204 g/mol. The second-order valence-electron chi connectivity index (χ2n) is 3.29. The number of nitrogen functional groups attached to an aromatic ring is 1. The highest BCUT2D eigenvalue weighted by Crippen LogP contribution is 2.16. The minimum absolute atomic E-state index is 0.0811. The lowest BCUT2D eigenvalue weighted by molar-refractivity contribution is -0.121. The van der Waals surface area contributed by atoms with Gasteiger partial charge in [-0.1, -0.05) is 0 Å². The normalized spacial score (nSPS) is 10.5. The van der Waals surface area contributed by atoms with E-state index in [-0.39, 0.29) is 12.5 Å². The van der Waals surface area contributed by atoms with E-state index in [1.54, 1.807) is 17.9 Å². The van der Waals surface area contributed by atoms with Crippen molar-refractivity contribution >= 4 is 22.5 Å². The molecule has 2 aromatic rings. The third kappa shape index (κ3) is 1.76. The van der Waals surface area contributed by atoms with Crippen LogP contribution in [0, 0.1) is 0 Å². The first-order valence-corrected chi connectivity index (χ1v) is 4.62. The molecule has 0 bridgehead atoms. The van der Waals surface area contributed by atoms with Gasteiger partial charge in [0.05, 0.1) is 11.7 Å². The minimum atomic E-state index is -0.0811. The average Bonchev–Trinajstić information content (AvgIpc) is 2.61. The van der Waals surface area contributed by atoms with Crippen LogP contribution in [0.4, 0.5) is 5.69 Å². The zero-order chi connectivity index (χ0) is 10.8. The zero-order valence-electron chi connectivity index (χ0n) is 8.40. The van der Waals surface area contributed by atoms with E-state index in [4.69, 9.17) is 5.73 Å². The fraction of sp³-hybridized carbons (Fsp3) is 0.200. The minimum Gasteiger partial charge on any atom is -0.399 e. The second-order valence-corrected chi connectivity index (χ2v) is 3.29. The molecule has 2 rings (SSSR count). The predicted molar refractivity (Wildman–Crippen MR) is 58.2 cm³/mol. The number of anilines is 1. The summed E-state index contributed by atoms with van der Waals surface area (Å²) in [5.74, 6) is -0.0811. The van der Waals surface area contributed by atoms with E-state index < -0.39 is 0 Å². The Kier molecular flexibility index (Phi) is 2.29. The van der Waals surface area contributed by atoms with Crippen LogP contribution in [0.5, 0.6) is 0 Å². The Morgan fingerprint density at radius 3 is 3.13 bits per heavy atom. The number of fused-ring (bicyclic) bond motifs is 1. The van der Waals surface area contributed by atoms with Crippen molar-refractivity contribution in [1.82, 2.24) is 15.1 Å². The fourth-order valence-corrected chi connectivity index (χ4v) is 1.43. The number of amides is 1. The van der Waals surface area contributed by atoms with E-state index in [1.807, 2.05) is 18.2 Å². The Hall–Kier alpha value is -2.04. The van der Waals surface area contributed by atoms with E-state index in [0.717, 1.165) is 10.9 Å². The maximum atomic E-state index is 11.2. The molecule has 78 valence electrons. The summed E-state index contributed by atoms with van der Waals surface area (Å²) < 4.78 is 1.63. The van der Waals surface area contributed by atoms with E-state index >= 15 is 0 Å². The third-order valence-corrected chi connectivity index (χ3v) is 2.24. The van der Waals surface area contributed by atoms with Crippen LogP contribution in [0.3, 0.4) is 0 Å². The zero-order valence-corrected chi connectivity index (χ0v) is 8.40. The molecule has 0 saturated heterocycles. The van der Waals surface area contributed by atoms with Crippen molar-refractivity contribution in [2.45, 2.75) is 6.54 Å². The van der Waals surface area contributed by atoms with Gasteiger partial charge in [-0.25, -0.2) is 0 Å². The summed E-state index contributed by atoms with van der Waals surface area (Å²) in [5.41, 5.74) is 7.22. The van der Waals surface area contributed by atoms with Gasteiger partial charge in [-0.05, 0) is 18.2 Å². The Bertz CT molecular complexity index is 503. The summed E-state index contributed by atoms with van der Waals surface area (Å²) in [7, 11) is 1.60. The Morgan fingerprint density at radius 2 is 2.40 bits per heavy atom. The summed E-state index contributed by atoms with van der Waals surface area (Å²) in [6.07, 6.45) is 1.72. The van der Waals surface area contributed by atoms with Gasteiger partial charge < -0.3 is 11.1 Å². The third-order valence-electron chi connectivity index (χ3n) is 2.24. The van der Waals surface area contributed by atoms with Gasteiger partial charge >= 0.3 is 0 Å². The number of nitrogens with two attached hydrogens (primary N) is 1. The monoisotopic (exact) mass is 204 g/mol. The molecule has 1 heterocycles. The number of aromatic nitrogens is 2. The number of nitrogens with zero attached hydrogens (tertiary/aromatic N) is 2. The van der Waals surface area contributed by atoms with Crippen molar-refractivity contribution in [2.24, 2.45) is 0 Å². The highest BCUT2D eigenvalue weighted by Gasteiger charge is 2.05. The molecule has 0 aliphatic carbocycles. The lowest BCUT2D eigenvalue weighted by Gasteiger charge is -2.02.